The van der Waals surface area contributed by atoms with E-state index >= 15 is 0 Å². The molecule has 2 saturated heterocycles. The second-order valence-corrected chi connectivity index (χ2v) is 8.34. The van der Waals surface area contributed by atoms with Crippen LogP contribution in [0.2, 0.25) is 5.02 Å². The molecule has 0 radical (unpaired) electrons. The Bertz CT molecular complexity index is 1070. The van der Waals surface area contributed by atoms with E-state index in [0.29, 0.717) is 54.4 Å². The zero-order valence-corrected chi connectivity index (χ0v) is 18.2. The van der Waals surface area contributed by atoms with Crippen LogP contribution in [0.25, 0.3) is 0 Å². The van der Waals surface area contributed by atoms with Crippen LogP contribution in [0, 0.1) is 10.1 Å². The Balaban J connectivity index is 1.43. The van der Waals surface area contributed by atoms with Crippen molar-refractivity contribution in [2.75, 3.05) is 26.7 Å². The van der Waals surface area contributed by atoms with Gasteiger partial charge < -0.3 is 14.4 Å². The van der Waals surface area contributed by atoms with Crippen LogP contribution < -0.4 is 4.74 Å². The molecule has 2 aromatic rings. The van der Waals surface area contributed by atoms with Crippen molar-refractivity contribution < 1.29 is 24.0 Å². The molecule has 2 aliphatic rings. The van der Waals surface area contributed by atoms with Crippen molar-refractivity contribution in [3.05, 3.63) is 68.7 Å². The first-order chi connectivity index (χ1) is 15.3. The Hall–Kier alpha value is -3.33. The molecule has 0 atom stereocenters. The topological polar surface area (TPSA) is 102 Å². The summed E-state index contributed by atoms with van der Waals surface area (Å²) in [4.78, 5) is 39.3. The van der Waals surface area contributed by atoms with Gasteiger partial charge >= 0.3 is 6.09 Å². The lowest BCUT2D eigenvalue weighted by Gasteiger charge is -2.37. The molecule has 0 aliphatic carbocycles. The summed E-state index contributed by atoms with van der Waals surface area (Å²) in [7, 11) is 1.47. The van der Waals surface area contributed by atoms with Gasteiger partial charge in [-0.15, -0.1) is 0 Å². The fraction of sp³-hybridized carbons (Fsp3) is 0.364. The smallest absolute Gasteiger partial charge is 0.410 e. The molecule has 0 aromatic heterocycles. The van der Waals surface area contributed by atoms with Crippen LogP contribution in [-0.4, -0.2) is 59.1 Å². The minimum absolute atomic E-state index is 0.0746. The molecule has 2 aromatic carbocycles. The number of non-ortho nitro benzene ring substituents is 1. The number of hydrogen-bond donors (Lipinski definition) is 0. The highest BCUT2D eigenvalue weighted by Gasteiger charge is 2.47. The third kappa shape index (κ3) is 4.20. The SMILES string of the molecule is COc1ccc([N+](=O)[O-])cc1CN1CC2(CCN(C(=O)c3ccccc3Cl)CC2)OC1=O. The second kappa shape index (κ2) is 8.66. The predicted octanol–water partition coefficient (Wildman–Crippen LogP) is 3.88. The molecular formula is C22H22ClN3O6. The lowest BCUT2D eigenvalue weighted by atomic mass is 9.91. The number of rotatable bonds is 5. The number of carbonyl (C=O) groups is 2. The van der Waals surface area contributed by atoms with Crippen molar-refractivity contribution in [3.8, 4) is 5.75 Å². The number of nitrogens with zero attached hydrogens (tertiary/aromatic N) is 3. The van der Waals surface area contributed by atoms with Gasteiger partial charge in [-0.1, -0.05) is 23.7 Å². The number of halogens is 1. The fourth-order valence-electron chi connectivity index (χ4n) is 4.21. The van der Waals surface area contributed by atoms with Crippen molar-refractivity contribution in [2.24, 2.45) is 0 Å². The average Bonchev–Trinajstić information content (AvgIpc) is 3.08. The maximum atomic E-state index is 12.8. The highest BCUT2D eigenvalue weighted by molar-refractivity contribution is 6.33. The number of ether oxygens (including phenoxy) is 2. The molecule has 2 amide bonds. The van der Waals surface area contributed by atoms with Crippen LogP contribution in [0.3, 0.4) is 0 Å². The molecule has 0 saturated carbocycles. The predicted molar refractivity (Wildman–Crippen MR) is 116 cm³/mol. The van der Waals surface area contributed by atoms with E-state index in [1.165, 1.54) is 30.2 Å². The third-order valence-electron chi connectivity index (χ3n) is 5.94. The zero-order chi connectivity index (χ0) is 22.9. The molecule has 0 N–H and O–H groups in total. The summed E-state index contributed by atoms with van der Waals surface area (Å²) < 4.78 is 11.0. The standard InChI is InChI=1S/C22H22ClN3O6/c1-31-19-7-6-16(26(29)30)12-15(19)13-25-14-22(32-21(25)28)8-10-24(11-9-22)20(27)17-4-2-3-5-18(17)23/h2-7,12H,8-11,13-14H2,1H3. The summed E-state index contributed by atoms with van der Waals surface area (Å²) in [5, 5.41) is 11.5. The lowest BCUT2D eigenvalue weighted by Crippen LogP contribution is -2.48. The van der Waals surface area contributed by atoms with Crippen LogP contribution in [0.1, 0.15) is 28.8 Å². The van der Waals surface area contributed by atoms with E-state index in [-0.39, 0.29) is 18.1 Å². The van der Waals surface area contributed by atoms with Crippen molar-refractivity contribution >= 4 is 29.3 Å². The lowest BCUT2D eigenvalue weighted by molar-refractivity contribution is -0.384. The largest absolute Gasteiger partial charge is 0.496 e. The molecule has 2 aliphatic heterocycles. The number of nitro groups is 1. The first kappa shape index (κ1) is 21.9. The van der Waals surface area contributed by atoms with Gasteiger partial charge in [0, 0.05) is 43.6 Å². The molecule has 4 rings (SSSR count). The van der Waals surface area contributed by atoms with Gasteiger partial charge in [0.15, 0.2) is 0 Å². The normalized spacial score (nSPS) is 17.4. The van der Waals surface area contributed by atoms with Gasteiger partial charge in [0.1, 0.15) is 11.4 Å². The highest BCUT2D eigenvalue weighted by Crippen LogP contribution is 2.36. The summed E-state index contributed by atoms with van der Waals surface area (Å²) in [6, 6.07) is 11.2. The minimum atomic E-state index is -0.692. The summed E-state index contributed by atoms with van der Waals surface area (Å²) in [6.07, 6.45) is 0.513. The first-order valence-corrected chi connectivity index (χ1v) is 10.5. The van der Waals surface area contributed by atoms with Gasteiger partial charge in [-0.05, 0) is 18.2 Å². The third-order valence-corrected chi connectivity index (χ3v) is 6.27. The Kier molecular flexibility index (Phi) is 5.92. The number of benzene rings is 2. The number of likely N-dealkylation sites (tertiary alicyclic amines) is 1. The maximum absolute atomic E-state index is 12.8. The van der Waals surface area contributed by atoms with Crippen LogP contribution >= 0.6 is 11.6 Å². The Morgan fingerprint density at radius 1 is 1.25 bits per heavy atom. The summed E-state index contributed by atoms with van der Waals surface area (Å²) >= 11 is 6.15. The van der Waals surface area contributed by atoms with Crippen molar-refractivity contribution in [1.29, 1.82) is 0 Å². The van der Waals surface area contributed by atoms with Gasteiger partial charge in [-0.25, -0.2) is 4.79 Å². The van der Waals surface area contributed by atoms with Gasteiger partial charge in [0.2, 0.25) is 0 Å². The van der Waals surface area contributed by atoms with Gasteiger partial charge in [0.25, 0.3) is 11.6 Å². The van der Waals surface area contributed by atoms with E-state index in [9.17, 15) is 19.7 Å². The van der Waals surface area contributed by atoms with Crippen LogP contribution in [-0.2, 0) is 11.3 Å². The second-order valence-electron chi connectivity index (χ2n) is 7.93. The van der Waals surface area contributed by atoms with Gasteiger partial charge in [0.05, 0.1) is 35.7 Å². The molecule has 2 fully saturated rings. The highest BCUT2D eigenvalue weighted by atomic mass is 35.5. The molecule has 2 heterocycles. The van der Waals surface area contributed by atoms with E-state index < -0.39 is 16.6 Å². The Morgan fingerprint density at radius 3 is 2.62 bits per heavy atom. The number of amides is 2. The molecule has 32 heavy (non-hydrogen) atoms. The molecule has 1 spiro atoms. The Labute approximate surface area is 189 Å². The van der Waals surface area contributed by atoms with Crippen LogP contribution in [0.5, 0.6) is 5.75 Å². The monoisotopic (exact) mass is 459 g/mol. The van der Waals surface area contributed by atoms with Gasteiger partial charge in [-0.3, -0.25) is 19.8 Å². The molecule has 0 bridgehead atoms. The number of methoxy groups -OCH3 is 1. The van der Waals surface area contributed by atoms with E-state index in [1.807, 2.05) is 0 Å². The Morgan fingerprint density at radius 2 is 1.97 bits per heavy atom. The van der Waals surface area contributed by atoms with E-state index in [0.717, 1.165) is 0 Å². The number of nitro benzene ring substituents is 1. The minimum Gasteiger partial charge on any atom is -0.496 e. The quantitative estimate of drug-likeness (QED) is 0.496. The van der Waals surface area contributed by atoms with E-state index in [2.05, 4.69) is 0 Å². The van der Waals surface area contributed by atoms with Crippen molar-refractivity contribution in [2.45, 2.75) is 25.0 Å². The average molecular weight is 460 g/mol. The summed E-state index contributed by atoms with van der Waals surface area (Å²) in [5.74, 6) is 0.317. The van der Waals surface area contributed by atoms with Crippen molar-refractivity contribution in [1.82, 2.24) is 9.80 Å². The van der Waals surface area contributed by atoms with Crippen LogP contribution in [0.15, 0.2) is 42.5 Å². The van der Waals surface area contributed by atoms with E-state index in [4.69, 9.17) is 21.1 Å². The zero-order valence-electron chi connectivity index (χ0n) is 17.5. The number of piperidine rings is 1. The number of hydrogen-bond acceptors (Lipinski definition) is 6. The molecular weight excluding hydrogens is 438 g/mol. The molecule has 168 valence electrons. The number of carbonyl (C=O) groups excluding carboxylic acids is 2. The molecule has 10 heteroatoms. The summed E-state index contributed by atoms with van der Waals surface area (Å²) in [5.41, 5.74) is 0.215. The fourth-order valence-corrected chi connectivity index (χ4v) is 4.42. The van der Waals surface area contributed by atoms with Crippen LogP contribution in [0.4, 0.5) is 10.5 Å². The summed E-state index contributed by atoms with van der Waals surface area (Å²) in [6.45, 7) is 1.34. The maximum Gasteiger partial charge on any atom is 0.410 e. The molecule has 0 unspecified atom stereocenters. The van der Waals surface area contributed by atoms with Crippen molar-refractivity contribution in [3.63, 3.8) is 0 Å². The molecule has 9 nitrogen and oxygen atoms in total. The first-order valence-electron chi connectivity index (χ1n) is 10.1. The van der Waals surface area contributed by atoms with E-state index in [1.54, 1.807) is 29.2 Å². The van der Waals surface area contributed by atoms with Gasteiger partial charge in [-0.2, -0.15) is 0 Å².